The van der Waals surface area contributed by atoms with Gasteiger partial charge in [-0.3, -0.25) is 4.68 Å². The molecule has 0 unspecified atom stereocenters. The molecule has 9 nitrogen and oxygen atoms in total. The van der Waals surface area contributed by atoms with Crippen molar-refractivity contribution >= 4 is 29.9 Å². The van der Waals surface area contributed by atoms with Gasteiger partial charge in [0.15, 0.2) is 11.8 Å². The Morgan fingerprint density at radius 2 is 1.79 bits per heavy atom. The maximum Gasteiger partial charge on any atom is 0.192 e. The van der Waals surface area contributed by atoms with Crippen LogP contribution in [0.15, 0.2) is 41.5 Å². The van der Waals surface area contributed by atoms with Crippen LogP contribution < -0.4 is 15.4 Å². The quantitative estimate of drug-likeness (QED) is 0.287. The van der Waals surface area contributed by atoms with Gasteiger partial charge in [-0.1, -0.05) is 12.1 Å². The van der Waals surface area contributed by atoms with Crippen LogP contribution in [-0.4, -0.2) is 37.6 Å². The number of halogens is 1. The van der Waals surface area contributed by atoms with Crippen molar-refractivity contribution in [3.05, 3.63) is 59.4 Å². The summed E-state index contributed by atoms with van der Waals surface area (Å²) >= 11 is 0. The molecule has 1 aromatic carbocycles. The summed E-state index contributed by atoms with van der Waals surface area (Å²) in [6.07, 6.45) is 1.78. The molecule has 0 aliphatic carbocycles. The molecule has 2 N–H and O–H groups in total. The summed E-state index contributed by atoms with van der Waals surface area (Å²) in [6.45, 7) is 3.61. The highest BCUT2D eigenvalue weighted by Gasteiger charge is 2.07. The zero-order valence-electron chi connectivity index (χ0n) is 17.1. The van der Waals surface area contributed by atoms with E-state index in [0.717, 1.165) is 28.7 Å². The normalized spacial score (nSPS) is 11.1. The van der Waals surface area contributed by atoms with Gasteiger partial charge >= 0.3 is 0 Å². The van der Waals surface area contributed by atoms with Gasteiger partial charge in [-0.25, -0.2) is 4.99 Å². The Balaban J connectivity index is 0.00000300. The number of aromatic nitrogens is 5. The van der Waals surface area contributed by atoms with Crippen molar-refractivity contribution in [3.8, 4) is 5.75 Å². The van der Waals surface area contributed by atoms with E-state index in [9.17, 15) is 0 Å². The highest BCUT2D eigenvalue weighted by molar-refractivity contribution is 14.0. The van der Waals surface area contributed by atoms with Gasteiger partial charge in [0, 0.05) is 20.3 Å². The van der Waals surface area contributed by atoms with Crippen molar-refractivity contribution < 1.29 is 4.74 Å². The second-order valence-corrected chi connectivity index (χ2v) is 6.39. The summed E-state index contributed by atoms with van der Waals surface area (Å²) in [5, 5.41) is 19.1. The molecule has 3 rings (SSSR count). The van der Waals surface area contributed by atoms with E-state index < -0.39 is 0 Å². The van der Waals surface area contributed by atoms with Crippen LogP contribution in [0.1, 0.15) is 22.9 Å². The number of methoxy groups -OCH3 is 1. The topological polar surface area (TPSA) is 94.2 Å². The van der Waals surface area contributed by atoms with E-state index in [1.54, 1.807) is 13.3 Å². The van der Waals surface area contributed by atoms with Gasteiger partial charge in [-0.15, -0.1) is 34.2 Å². The molecule has 0 spiro atoms. The van der Waals surface area contributed by atoms with Gasteiger partial charge < -0.3 is 19.9 Å². The van der Waals surface area contributed by atoms with Crippen LogP contribution in [0.3, 0.4) is 0 Å². The fourth-order valence-electron chi connectivity index (χ4n) is 2.59. The first-order valence-electron chi connectivity index (χ1n) is 9.03. The summed E-state index contributed by atoms with van der Waals surface area (Å²) in [5.41, 5.74) is 2.16. The fraction of sp³-hybridized carbons (Fsp3) is 0.368. The molecule has 2 aromatic heterocycles. The predicted octanol–water partition coefficient (Wildman–Crippen LogP) is 1.92. The number of nitrogens with one attached hydrogen (secondary N) is 2. The minimum Gasteiger partial charge on any atom is -0.497 e. The Hall–Kier alpha value is -2.63. The number of aryl methyl sites for hydroxylation is 2. The maximum absolute atomic E-state index is 5.20. The molecule has 29 heavy (non-hydrogen) atoms. The molecule has 0 saturated carbocycles. The lowest BCUT2D eigenvalue weighted by atomic mass is 10.2. The Bertz CT molecular complexity index is 932. The highest BCUT2D eigenvalue weighted by atomic mass is 127. The second kappa shape index (κ2) is 10.8. The smallest absolute Gasteiger partial charge is 0.192 e. The van der Waals surface area contributed by atoms with E-state index in [0.29, 0.717) is 25.6 Å². The average molecular weight is 510 g/mol. The van der Waals surface area contributed by atoms with Crippen LogP contribution in [-0.2, 0) is 33.7 Å². The highest BCUT2D eigenvalue weighted by Crippen LogP contribution is 2.11. The number of hydrogen-bond donors (Lipinski definition) is 2. The fourth-order valence-corrected chi connectivity index (χ4v) is 2.59. The number of benzene rings is 1. The lowest BCUT2D eigenvalue weighted by molar-refractivity contribution is 0.414. The first-order chi connectivity index (χ1) is 13.6. The summed E-state index contributed by atoms with van der Waals surface area (Å²) < 4.78 is 8.99. The molecule has 0 bridgehead atoms. The zero-order chi connectivity index (χ0) is 19.9. The second-order valence-electron chi connectivity index (χ2n) is 6.39. The van der Waals surface area contributed by atoms with Gasteiger partial charge in [0.25, 0.3) is 0 Å². The zero-order valence-corrected chi connectivity index (χ0v) is 19.4. The molecule has 0 atom stereocenters. The molecule has 2 heterocycles. The molecule has 0 aliphatic rings. The lowest BCUT2D eigenvalue weighted by Crippen LogP contribution is -2.37. The van der Waals surface area contributed by atoms with E-state index in [4.69, 9.17) is 9.73 Å². The van der Waals surface area contributed by atoms with Crippen LogP contribution in [0.25, 0.3) is 0 Å². The Kier molecular flexibility index (Phi) is 8.43. The van der Waals surface area contributed by atoms with Crippen molar-refractivity contribution in [3.63, 3.8) is 0 Å². The number of rotatable bonds is 7. The number of hydrogen-bond acceptors (Lipinski definition) is 5. The van der Waals surface area contributed by atoms with E-state index in [1.807, 2.05) is 60.6 Å². The Labute approximate surface area is 187 Å². The summed E-state index contributed by atoms with van der Waals surface area (Å²) in [5.74, 6) is 3.24. The first-order valence-corrected chi connectivity index (χ1v) is 9.03. The minimum absolute atomic E-state index is 0. The predicted molar refractivity (Wildman–Crippen MR) is 122 cm³/mol. The average Bonchev–Trinajstić information content (AvgIpc) is 3.27. The van der Waals surface area contributed by atoms with Crippen molar-refractivity contribution in [1.29, 1.82) is 0 Å². The third-order valence-electron chi connectivity index (χ3n) is 4.53. The molecular weight excluding hydrogens is 483 g/mol. The SMILES string of the molecule is COc1ccc(CN=C(NCc2ccnn2C)NCc2nnc(C)n2C)cc1.I. The van der Waals surface area contributed by atoms with Gasteiger partial charge in [0.05, 0.1) is 32.4 Å². The third kappa shape index (κ3) is 6.17. The van der Waals surface area contributed by atoms with Crippen LogP contribution >= 0.6 is 24.0 Å². The van der Waals surface area contributed by atoms with Crippen molar-refractivity contribution in [2.45, 2.75) is 26.6 Å². The van der Waals surface area contributed by atoms with E-state index in [2.05, 4.69) is 25.9 Å². The van der Waals surface area contributed by atoms with Gasteiger partial charge in [-0.2, -0.15) is 5.10 Å². The number of aliphatic imine (C=N–C) groups is 1. The first kappa shape index (κ1) is 22.7. The number of ether oxygens (including phenoxy) is 1. The molecule has 0 aliphatic heterocycles. The number of nitrogens with zero attached hydrogens (tertiary/aromatic N) is 6. The van der Waals surface area contributed by atoms with Crippen LogP contribution in [0.2, 0.25) is 0 Å². The van der Waals surface area contributed by atoms with Crippen molar-refractivity contribution in [1.82, 2.24) is 35.2 Å². The molecule has 10 heteroatoms. The molecule has 0 amide bonds. The standard InChI is InChI=1S/C19H26N8O.HI/c1-14-24-25-18(26(14)2)13-22-19(21-12-16-9-10-23-27(16)3)20-11-15-5-7-17(28-4)8-6-15;/h5-10H,11-13H2,1-4H3,(H2,20,21,22);1H. The van der Waals surface area contributed by atoms with Crippen molar-refractivity contribution in [2.75, 3.05) is 7.11 Å². The molecule has 0 radical (unpaired) electrons. The summed E-state index contributed by atoms with van der Waals surface area (Å²) in [6, 6.07) is 9.85. The maximum atomic E-state index is 5.20. The Morgan fingerprint density at radius 3 is 2.38 bits per heavy atom. The van der Waals surface area contributed by atoms with E-state index in [-0.39, 0.29) is 24.0 Å². The molecule has 0 fully saturated rings. The lowest BCUT2D eigenvalue weighted by Gasteiger charge is -2.13. The minimum atomic E-state index is 0. The van der Waals surface area contributed by atoms with E-state index in [1.165, 1.54) is 0 Å². The summed E-state index contributed by atoms with van der Waals surface area (Å²) in [4.78, 5) is 4.70. The molecule has 3 aromatic rings. The van der Waals surface area contributed by atoms with Gasteiger partial charge in [-0.05, 0) is 30.7 Å². The molecule has 0 saturated heterocycles. The van der Waals surface area contributed by atoms with Gasteiger partial charge in [0.1, 0.15) is 11.6 Å². The molecular formula is C19H27IN8O. The van der Waals surface area contributed by atoms with Crippen LogP contribution in [0.4, 0.5) is 0 Å². The van der Waals surface area contributed by atoms with E-state index >= 15 is 0 Å². The Morgan fingerprint density at radius 1 is 1.07 bits per heavy atom. The van der Waals surface area contributed by atoms with Crippen molar-refractivity contribution in [2.24, 2.45) is 19.1 Å². The summed E-state index contributed by atoms with van der Waals surface area (Å²) in [7, 11) is 5.52. The largest absolute Gasteiger partial charge is 0.497 e. The van der Waals surface area contributed by atoms with Crippen LogP contribution in [0, 0.1) is 6.92 Å². The van der Waals surface area contributed by atoms with Gasteiger partial charge in [0.2, 0.25) is 0 Å². The third-order valence-corrected chi connectivity index (χ3v) is 4.53. The van der Waals surface area contributed by atoms with Crippen LogP contribution in [0.5, 0.6) is 5.75 Å². The monoisotopic (exact) mass is 510 g/mol. The number of guanidine groups is 1. The molecule has 156 valence electrons.